The Hall–Kier alpha value is -2.37. The molecule has 0 aliphatic carbocycles. The normalized spacial score (nSPS) is 21.6. The van der Waals surface area contributed by atoms with Crippen molar-refractivity contribution in [2.24, 2.45) is 5.92 Å². The van der Waals surface area contributed by atoms with Crippen molar-refractivity contribution in [3.63, 3.8) is 0 Å². The van der Waals surface area contributed by atoms with E-state index in [9.17, 15) is 18.5 Å². The third-order valence-electron chi connectivity index (χ3n) is 6.15. The van der Waals surface area contributed by atoms with E-state index < -0.39 is 9.84 Å². The molecule has 2 aliphatic heterocycles. The first kappa shape index (κ1) is 23.3. The molecule has 0 spiro atoms. The number of amides is 1. The van der Waals surface area contributed by atoms with Crippen LogP contribution in [-0.4, -0.2) is 75.0 Å². The number of nitriles is 1. The van der Waals surface area contributed by atoms with Gasteiger partial charge in [0.15, 0.2) is 9.84 Å². The van der Waals surface area contributed by atoms with Gasteiger partial charge in [-0.1, -0.05) is 30.3 Å². The van der Waals surface area contributed by atoms with Crippen LogP contribution >= 0.6 is 0 Å². The summed E-state index contributed by atoms with van der Waals surface area (Å²) in [6, 6.07) is 12.2. The molecule has 1 atom stereocenters. The summed E-state index contributed by atoms with van der Waals surface area (Å²) < 4.78 is 28.9. The predicted octanol–water partition coefficient (Wildman–Crippen LogP) is 2.01. The molecule has 0 saturated carbocycles. The maximum atomic E-state index is 13.0. The van der Waals surface area contributed by atoms with E-state index in [-0.39, 0.29) is 29.0 Å². The Morgan fingerprint density at radius 2 is 1.97 bits per heavy atom. The van der Waals surface area contributed by atoms with Crippen LogP contribution in [0.1, 0.15) is 24.8 Å². The van der Waals surface area contributed by atoms with Gasteiger partial charge >= 0.3 is 0 Å². The van der Waals surface area contributed by atoms with E-state index in [2.05, 4.69) is 12.1 Å². The number of carbonyl (C=O) groups excluding carboxylic acids is 1. The van der Waals surface area contributed by atoms with Crippen molar-refractivity contribution >= 4 is 15.7 Å². The molecular formula is C23H31N3O4S. The van der Waals surface area contributed by atoms with Gasteiger partial charge in [0.25, 0.3) is 5.91 Å². The fourth-order valence-corrected chi connectivity index (χ4v) is 6.08. The first-order valence-electron chi connectivity index (χ1n) is 10.8. The fourth-order valence-electron chi connectivity index (χ4n) is 4.34. The molecule has 1 amide bonds. The third kappa shape index (κ3) is 6.55. The SMILES string of the molecule is COCCN(/C=C(/C#N)C(=O)N1CCC(Cc2ccccc2)CC1)C1CCS(=O)(=O)C1. The summed E-state index contributed by atoms with van der Waals surface area (Å²) in [5, 5.41) is 9.65. The second-order valence-electron chi connectivity index (χ2n) is 8.37. The van der Waals surface area contributed by atoms with E-state index in [1.54, 1.807) is 23.1 Å². The Labute approximate surface area is 185 Å². The van der Waals surface area contributed by atoms with Crippen molar-refractivity contribution in [1.82, 2.24) is 9.80 Å². The number of carbonyl (C=O) groups is 1. The molecule has 1 unspecified atom stereocenters. The number of hydrogen-bond donors (Lipinski definition) is 0. The molecule has 0 N–H and O–H groups in total. The molecule has 0 radical (unpaired) electrons. The van der Waals surface area contributed by atoms with Crippen LogP contribution in [0.2, 0.25) is 0 Å². The zero-order chi connectivity index (χ0) is 22.3. The number of rotatable bonds is 8. The summed E-state index contributed by atoms with van der Waals surface area (Å²) >= 11 is 0. The van der Waals surface area contributed by atoms with Crippen molar-refractivity contribution in [2.45, 2.75) is 31.7 Å². The van der Waals surface area contributed by atoms with Gasteiger partial charge < -0.3 is 14.5 Å². The van der Waals surface area contributed by atoms with Gasteiger partial charge in [-0.15, -0.1) is 0 Å². The summed E-state index contributed by atoms with van der Waals surface area (Å²) in [4.78, 5) is 16.5. The maximum Gasteiger partial charge on any atom is 0.266 e. The molecule has 2 fully saturated rings. The number of nitrogens with zero attached hydrogens (tertiary/aromatic N) is 3. The lowest BCUT2D eigenvalue weighted by atomic mass is 9.90. The molecule has 8 heteroatoms. The van der Waals surface area contributed by atoms with E-state index in [0.717, 1.165) is 19.3 Å². The number of ether oxygens (including phenoxy) is 1. The molecule has 7 nitrogen and oxygen atoms in total. The number of likely N-dealkylation sites (tertiary alicyclic amines) is 1. The topological polar surface area (TPSA) is 90.7 Å². The van der Waals surface area contributed by atoms with Gasteiger partial charge in [0.05, 0.1) is 18.1 Å². The van der Waals surface area contributed by atoms with Crippen molar-refractivity contribution < 1.29 is 17.9 Å². The van der Waals surface area contributed by atoms with Crippen LogP contribution in [0.5, 0.6) is 0 Å². The second-order valence-corrected chi connectivity index (χ2v) is 10.6. The first-order valence-corrected chi connectivity index (χ1v) is 12.6. The summed E-state index contributed by atoms with van der Waals surface area (Å²) in [6.07, 6.45) is 4.87. The van der Waals surface area contributed by atoms with Gasteiger partial charge in [-0.05, 0) is 37.2 Å². The molecule has 0 bridgehead atoms. The molecular weight excluding hydrogens is 414 g/mol. The number of methoxy groups -OCH3 is 1. The average molecular weight is 446 g/mol. The summed E-state index contributed by atoms with van der Waals surface area (Å²) in [7, 11) is -1.50. The highest BCUT2D eigenvalue weighted by molar-refractivity contribution is 7.91. The van der Waals surface area contributed by atoms with Crippen molar-refractivity contribution in [3.05, 3.63) is 47.7 Å². The summed E-state index contributed by atoms with van der Waals surface area (Å²) in [5.74, 6) is 0.442. The molecule has 168 valence electrons. The Bertz CT molecular complexity index is 916. The van der Waals surface area contributed by atoms with E-state index in [4.69, 9.17) is 4.74 Å². The smallest absolute Gasteiger partial charge is 0.266 e. The minimum absolute atomic E-state index is 0.0466. The van der Waals surface area contributed by atoms with Gasteiger partial charge in [0.1, 0.15) is 11.6 Å². The molecule has 0 aromatic heterocycles. The number of piperidine rings is 1. The Kier molecular flexibility index (Phi) is 8.10. The van der Waals surface area contributed by atoms with Crippen LogP contribution < -0.4 is 0 Å². The number of benzene rings is 1. The molecule has 1 aromatic rings. The minimum atomic E-state index is -3.07. The monoisotopic (exact) mass is 445 g/mol. The van der Waals surface area contributed by atoms with Gasteiger partial charge in [-0.3, -0.25) is 4.79 Å². The van der Waals surface area contributed by atoms with Crippen LogP contribution in [0, 0.1) is 17.2 Å². The Balaban J connectivity index is 1.62. The standard InChI is InChI=1S/C23H31N3O4S/c1-30-13-12-26(22-9-14-31(28,29)18-22)17-21(16-24)23(27)25-10-7-20(8-11-25)15-19-5-3-2-4-6-19/h2-6,17,20,22H,7-15,18H2,1H3/b21-17-. The zero-order valence-electron chi connectivity index (χ0n) is 18.1. The molecule has 2 saturated heterocycles. The lowest BCUT2D eigenvalue weighted by Crippen LogP contribution is -2.40. The predicted molar refractivity (Wildman–Crippen MR) is 119 cm³/mol. The van der Waals surface area contributed by atoms with E-state index in [1.807, 2.05) is 24.3 Å². The van der Waals surface area contributed by atoms with E-state index in [1.165, 1.54) is 5.56 Å². The van der Waals surface area contributed by atoms with Crippen molar-refractivity contribution in [3.8, 4) is 6.07 Å². The summed E-state index contributed by atoms with van der Waals surface area (Å²) in [6.45, 7) is 2.09. The highest BCUT2D eigenvalue weighted by Crippen LogP contribution is 2.24. The minimum Gasteiger partial charge on any atom is -0.383 e. The lowest BCUT2D eigenvalue weighted by molar-refractivity contribution is -0.128. The van der Waals surface area contributed by atoms with Gasteiger partial charge in [-0.2, -0.15) is 5.26 Å². The van der Waals surface area contributed by atoms with Crippen LogP contribution in [0.3, 0.4) is 0 Å². The molecule has 1 aromatic carbocycles. The highest BCUT2D eigenvalue weighted by Gasteiger charge is 2.32. The quantitative estimate of drug-likeness (QED) is 0.449. The van der Waals surface area contributed by atoms with Gasteiger partial charge in [0.2, 0.25) is 0 Å². The van der Waals surface area contributed by atoms with Crippen LogP contribution in [0.25, 0.3) is 0 Å². The maximum absolute atomic E-state index is 13.0. The van der Waals surface area contributed by atoms with Gasteiger partial charge in [0, 0.05) is 39.0 Å². The first-order chi connectivity index (χ1) is 14.9. The van der Waals surface area contributed by atoms with Crippen molar-refractivity contribution in [2.75, 3.05) is 44.9 Å². The van der Waals surface area contributed by atoms with E-state index in [0.29, 0.717) is 38.6 Å². The zero-order valence-corrected chi connectivity index (χ0v) is 18.9. The molecule has 2 aliphatic rings. The Morgan fingerprint density at radius 1 is 1.26 bits per heavy atom. The van der Waals surface area contributed by atoms with E-state index >= 15 is 0 Å². The summed E-state index contributed by atoms with van der Waals surface area (Å²) in [5.41, 5.74) is 1.37. The number of hydrogen-bond acceptors (Lipinski definition) is 6. The lowest BCUT2D eigenvalue weighted by Gasteiger charge is -2.32. The number of sulfone groups is 1. The molecule has 3 rings (SSSR count). The van der Waals surface area contributed by atoms with Crippen LogP contribution in [0.15, 0.2) is 42.1 Å². The van der Waals surface area contributed by atoms with Crippen LogP contribution in [-0.2, 0) is 25.8 Å². The molecule has 31 heavy (non-hydrogen) atoms. The Morgan fingerprint density at radius 3 is 2.55 bits per heavy atom. The largest absolute Gasteiger partial charge is 0.383 e. The molecule has 2 heterocycles. The highest BCUT2D eigenvalue weighted by atomic mass is 32.2. The van der Waals surface area contributed by atoms with Gasteiger partial charge in [-0.25, -0.2) is 8.42 Å². The fraction of sp³-hybridized carbons (Fsp3) is 0.565. The van der Waals surface area contributed by atoms with Crippen molar-refractivity contribution in [1.29, 1.82) is 5.26 Å². The third-order valence-corrected chi connectivity index (χ3v) is 7.90. The average Bonchev–Trinajstić information content (AvgIpc) is 3.14. The second kappa shape index (κ2) is 10.8. The van der Waals surface area contributed by atoms with Crippen LogP contribution in [0.4, 0.5) is 0 Å².